The van der Waals surface area contributed by atoms with Gasteiger partial charge in [0, 0.05) is 0 Å². The number of hydrogen-bond donors (Lipinski definition) is 7. The van der Waals surface area contributed by atoms with Gasteiger partial charge < -0.3 is 54.7 Å². The molecule has 0 bridgehead atoms. The Morgan fingerprint density at radius 1 is 0.765 bits per heavy atom. The van der Waals surface area contributed by atoms with Crippen LogP contribution >= 0.6 is 0 Å². The summed E-state index contributed by atoms with van der Waals surface area (Å²) in [6, 6.07) is 9.31. The summed E-state index contributed by atoms with van der Waals surface area (Å²) in [6.07, 6.45) is -15.2. The Labute approximate surface area is 198 Å². The maximum absolute atomic E-state index is 10.5. The molecule has 7 N–H and O–H groups in total. The fourth-order valence-corrected chi connectivity index (χ4v) is 4.11. The van der Waals surface area contributed by atoms with Gasteiger partial charge >= 0.3 is 0 Å². The van der Waals surface area contributed by atoms with Gasteiger partial charge in [0.15, 0.2) is 12.6 Å². The average Bonchev–Trinajstić information content (AvgIpc) is 2.80. The van der Waals surface area contributed by atoms with E-state index in [1.807, 2.05) is 51.1 Å². The van der Waals surface area contributed by atoms with Crippen molar-refractivity contribution in [1.82, 2.24) is 0 Å². The predicted octanol–water partition coefficient (Wildman–Crippen LogP) is -1.59. The van der Waals surface area contributed by atoms with E-state index in [1.165, 1.54) is 0 Å². The van der Waals surface area contributed by atoms with Crippen LogP contribution in [-0.4, -0.2) is 110 Å². The standard InChI is InChI=1S/C23H36O11/c1-23(2,3)20(11-7-5-4-6-8-11)34-22-19(30)17(28)15(26)13(33-22)10-31-21-18(29)16(27)14(25)12(9-24)32-21/h4-8,12-22,24-30H,9-10H2,1-3H3/t12-,13-,14-,15-,16+,17+,18-,19-,20+,21-,22-/m1/s1. The second-order valence-corrected chi connectivity index (χ2v) is 9.84. The topological polar surface area (TPSA) is 179 Å². The Kier molecular flexibility index (Phi) is 9.04. The van der Waals surface area contributed by atoms with E-state index in [4.69, 9.17) is 18.9 Å². The molecule has 1 aromatic rings. The van der Waals surface area contributed by atoms with Crippen LogP contribution in [0.5, 0.6) is 0 Å². The van der Waals surface area contributed by atoms with Gasteiger partial charge in [0.25, 0.3) is 0 Å². The monoisotopic (exact) mass is 488 g/mol. The molecule has 2 aliphatic heterocycles. The zero-order valence-electron chi connectivity index (χ0n) is 19.4. The summed E-state index contributed by atoms with van der Waals surface area (Å²) in [5, 5.41) is 70.6. The fourth-order valence-electron chi connectivity index (χ4n) is 4.11. The van der Waals surface area contributed by atoms with Gasteiger partial charge in [-0.15, -0.1) is 0 Å². The normalized spacial score (nSPS) is 40.2. The Morgan fingerprint density at radius 2 is 1.29 bits per heavy atom. The van der Waals surface area contributed by atoms with Gasteiger partial charge in [-0.25, -0.2) is 0 Å². The van der Waals surface area contributed by atoms with Crippen molar-refractivity contribution in [2.45, 2.75) is 88.3 Å². The lowest BCUT2D eigenvalue weighted by atomic mass is 9.84. The molecule has 1 aromatic carbocycles. The summed E-state index contributed by atoms with van der Waals surface area (Å²) in [7, 11) is 0. The number of benzene rings is 1. The quantitative estimate of drug-likeness (QED) is 0.235. The van der Waals surface area contributed by atoms with Crippen LogP contribution in [-0.2, 0) is 18.9 Å². The zero-order chi connectivity index (χ0) is 25.2. The highest BCUT2D eigenvalue weighted by atomic mass is 16.7. The molecule has 2 saturated heterocycles. The summed E-state index contributed by atoms with van der Waals surface area (Å²) in [6.45, 7) is 4.81. The number of rotatable bonds is 7. The van der Waals surface area contributed by atoms with Gasteiger partial charge in [-0.1, -0.05) is 51.1 Å². The van der Waals surface area contributed by atoms with E-state index >= 15 is 0 Å². The molecule has 0 aliphatic carbocycles. The molecule has 0 aromatic heterocycles. The summed E-state index contributed by atoms with van der Waals surface area (Å²) in [4.78, 5) is 0. The van der Waals surface area contributed by atoms with Crippen LogP contribution in [0.25, 0.3) is 0 Å². The zero-order valence-corrected chi connectivity index (χ0v) is 19.4. The number of hydrogen-bond acceptors (Lipinski definition) is 11. The molecule has 0 amide bonds. The van der Waals surface area contributed by atoms with E-state index in [9.17, 15) is 35.7 Å². The van der Waals surface area contributed by atoms with Gasteiger partial charge in [-0.05, 0) is 11.0 Å². The molecule has 0 unspecified atom stereocenters. The van der Waals surface area contributed by atoms with Crippen molar-refractivity contribution in [2.75, 3.05) is 13.2 Å². The molecule has 0 saturated carbocycles. The minimum absolute atomic E-state index is 0.409. The fraction of sp³-hybridized carbons (Fsp3) is 0.739. The third kappa shape index (κ3) is 5.94. The van der Waals surface area contributed by atoms with E-state index in [2.05, 4.69) is 0 Å². The van der Waals surface area contributed by atoms with Crippen LogP contribution in [0.3, 0.4) is 0 Å². The Balaban J connectivity index is 1.71. The Bertz CT molecular complexity index is 755. The molecular weight excluding hydrogens is 452 g/mol. The lowest BCUT2D eigenvalue weighted by molar-refractivity contribution is -0.340. The molecule has 3 rings (SSSR count). The van der Waals surface area contributed by atoms with E-state index in [0.717, 1.165) is 5.56 Å². The lowest BCUT2D eigenvalue weighted by Gasteiger charge is -2.44. The average molecular weight is 489 g/mol. The molecule has 2 aliphatic rings. The van der Waals surface area contributed by atoms with E-state index < -0.39 is 86.1 Å². The molecule has 2 heterocycles. The number of aliphatic hydroxyl groups excluding tert-OH is 7. The van der Waals surface area contributed by atoms with Crippen molar-refractivity contribution in [3.63, 3.8) is 0 Å². The third-order valence-electron chi connectivity index (χ3n) is 6.10. The van der Waals surface area contributed by atoms with Crippen molar-refractivity contribution in [3.05, 3.63) is 35.9 Å². The van der Waals surface area contributed by atoms with Crippen molar-refractivity contribution < 1.29 is 54.7 Å². The first-order valence-electron chi connectivity index (χ1n) is 11.3. The largest absolute Gasteiger partial charge is 0.394 e. The van der Waals surface area contributed by atoms with Gasteiger partial charge in [0.1, 0.15) is 48.8 Å². The highest BCUT2D eigenvalue weighted by molar-refractivity contribution is 5.19. The smallest absolute Gasteiger partial charge is 0.187 e. The second kappa shape index (κ2) is 11.2. The van der Waals surface area contributed by atoms with Crippen LogP contribution in [0.4, 0.5) is 0 Å². The highest BCUT2D eigenvalue weighted by Crippen LogP contribution is 2.39. The van der Waals surface area contributed by atoms with E-state index in [0.29, 0.717) is 0 Å². The molecule has 11 nitrogen and oxygen atoms in total. The summed E-state index contributed by atoms with van der Waals surface area (Å²) in [5.41, 5.74) is 0.425. The maximum Gasteiger partial charge on any atom is 0.187 e. The summed E-state index contributed by atoms with van der Waals surface area (Å²) >= 11 is 0. The lowest BCUT2D eigenvalue weighted by Crippen LogP contribution is -2.62. The predicted molar refractivity (Wildman–Crippen MR) is 116 cm³/mol. The molecule has 11 heteroatoms. The summed E-state index contributed by atoms with van der Waals surface area (Å²) in [5.74, 6) is 0. The van der Waals surface area contributed by atoms with Crippen molar-refractivity contribution in [1.29, 1.82) is 0 Å². The van der Waals surface area contributed by atoms with Crippen molar-refractivity contribution in [3.8, 4) is 0 Å². The van der Waals surface area contributed by atoms with Crippen LogP contribution in [0, 0.1) is 5.41 Å². The van der Waals surface area contributed by atoms with Crippen molar-refractivity contribution in [2.24, 2.45) is 5.41 Å². The molecule has 0 spiro atoms. The van der Waals surface area contributed by atoms with Crippen molar-refractivity contribution >= 4 is 0 Å². The van der Waals surface area contributed by atoms with Gasteiger partial charge in [-0.3, -0.25) is 0 Å². The molecule has 194 valence electrons. The first-order chi connectivity index (χ1) is 16.0. The number of aliphatic hydroxyl groups is 7. The molecule has 11 atom stereocenters. The van der Waals surface area contributed by atoms with E-state index in [-0.39, 0.29) is 0 Å². The Morgan fingerprint density at radius 3 is 1.85 bits per heavy atom. The van der Waals surface area contributed by atoms with Crippen LogP contribution in [0.2, 0.25) is 0 Å². The first kappa shape index (κ1) is 27.4. The van der Waals surface area contributed by atoms with E-state index in [1.54, 1.807) is 0 Å². The van der Waals surface area contributed by atoms with Gasteiger partial charge in [0.2, 0.25) is 0 Å². The molecule has 34 heavy (non-hydrogen) atoms. The molecular formula is C23H36O11. The summed E-state index contributed by atoms with van der Waals surface area (Å²) < 4.78 is 22.6. The molecule has 2 fully saturated rings. The van der Waals surface area contributed by atoms with Gasteiger partial charge in [0.05, 0.1) is 19.3 Å². The minimum atomic E-state index is -1.63. The first-order valence-corrected chi connectivity index (χ1v) is 11.3. The van der Waals surface area contributed by atoms with Gasteiger partial charge in [-0.2, -0.15) is 0 Å². The van der Waals surface area contributed by atoms with Crippen LogP contribution in [0.15, 0.2) is 30.3 Å². The Hall–Kier alpha value is -1.22. The third-order valence-corrected chi connectivity index (χ3v) is 6.10. The highest BCUT2D eigenvalue weighted by Gasteiger charge is 2.48. The van der Waals surface area contributed by atoms with Crippen LogP contribution < -0.4 is 0 Å². The second-order valence-electron chi connectivity index (χ2n) is 9.84. The maximum atomic E-state index is 10.5. The minimum Gasteiger partial charge on any atom is -0.394 e. The number of ether oxygens (including phenoxy) is 4. The molecule has 0 radical (unpaired) electrons. The SMILES string of the molecule is CC(C)(C)[C@@H](O[C@H]1O[C@H](CO[C@@H]2O[C@H](CO)[C@@H](O)[C@H](O)[C@H]2O)[C@@H](O)[C@H](O)[C@H]1O)c1ccccc1. The van der Waals surface area contributed by atoms with Crippen LogP contribution in [0.1, 0.15) is 32.4 Å².